The molecule has 0 heterocycles. The molecule has 1 aliphatic carbocycles. The van der Waals surface area contributed by atoms with Crippen LogP contribution < -0.4 is 4.74 Å². The van der Waals surface area contributed by atoms with Crippen molar-refractivity contribution in [3.63, 3.8) is 0 Å². The molecule has 4 heteroatoms. The van der Waals surface area contributed by atoms with Crippen molar-refractivity contribution in [2.75, 3.05) is 20.7 Å². The molecule has 1 amide bonds. The van der Waals surface area contributed by atoms with Crippen molar-refractivity contribution in [1.82, 2.24) is 4.90 Å². The SMILES string of the molecule is CN(C)C(=O)CCOc1cccc2c1CCC2=O. The number of carbonyl (C=O) groups is 2. The van der Waals surface area contributed by atoms with E-state index in [4.69, 9.17) is 4.74 Å². The van der Waals surface area contributed by atoms with Gasteiger partial charge in [-0.25, -0.2) is 0 Å². The Labute approximate surface area is 107 Å². The molecular formula is C14H17NO3. The van der Waals surface area contributed by atoms with Gasteiger partial charge in [0.2, 0.25) is 5.91 Å². The van der Waals surface area contributed by atoms with E-state index >= 15 is 0 Å². The smallest absolute Gasteiger partial charge is 0.225 e. The summed E-state index contributed by atoms with van der Waals surface area (Å²) < 4.78 is 5.62. The van der Waals surface area contributed by atoms with Gasteiger partial charge < -0.3 is 9.64 Å². The van der Waals surface area contributed by atoms with E-state index in [0.717, 1.165) is 23.3 Å². The number of amides is 1. The Morgan fingerprint density at radius 1 is 1.33 bits per heavy atom. The average Bonchev–Trinajstić information content (AvgIpc) is 2.72. The molecule has 4 nitrogen and oxygen atoms in total. The van der Waals surface area contributed by atoms with Crippen LogP contribution in [0.5, 0.6) is 5.75 Å². The van der Waals surface area contributed by atoms with Crippen LogP contribution in [-0.4, -0.2) is 37.3 Å². The molecule has 0 fully saturated rings. The van der Waals surface area contributed by atoms with Crippen LogP contribution in [0.25, 0.3) is 0 Å². The lowest BCUT2D eigenvalue weighted by molar-refractivity contribution is -0.129. The normalized spacial score (nSPS) is 13.3. The van der Waals surface area contributed by atoms with Crippen LogP contribution in [0.15, 0.2) is 18.2 Å². The fraction of sp³-hybridized carbons (Fsp3) is 0.429. The van der Waals surface area contributed by atoms with Gasteiger partial charge in [-0.05, 0) is 12.5 Å². The van der Waals surface area contributed by atoms with E-state index in [9.17, 15) is 9.59 Å². The number of hydrogen-bond donors (Lipinski definition) is 0. The van der Waals surface area contributed by atoms with E-state index in [2.05, 4.69) is 0 Å². The average molecular weight is 247 g/mol. The molecule has 0 saturated carbocycles. The van der Waals surface area contributed by atoms with Gasteiger partial charge in [-0.2, -0.15) is 0 Å². The third-order valence-electron chi connectivity index (χ3n) is 3.11. The summed E-state index contributed by atoms with van der Waals surface area (Å²) in [4.78, 5) is 24.5. The Morgan fingerprint density at radius 2 is 2.11 bits per heavy atom. The lowest BCUT2D eigenvalue weighted by Gasteiger charge is -2.12. The number of rotatable bonds is 4. The molecule has 1 aliphatic rings. The van der Waals surface area contributed by atoms with Gasteiger partial charge in [0, 0.05) is 31.6 Å². The predicted molar refractivity (Wildman–Crippen MR) is 67.9 cm³/mol. The lowest BCUT2D eigenvalue weighted by Crippen LogP contribution is -2.23. The number of benzene rings is 1. The van der Waals surface area contributed by atoms with Gasteiger partial charge >= 0.3 is 0 Å². The van der Waals surface area contributed by atoms with Crippen LogP contribution in [0, 0.1) is 0 Å². The molecule has 2 rings (SSSR count). The van der Waals surface area contributed by atoms with Crippen molar-refractivity contribution in [3.8, 4) is 5.75 Å². The van der Waals surface area contributed by atoms with Crippen LogP contribution in [0.1, 0.15) is 28.8 Å². The monoisotopic (exact) mass is 247 g/mol. The highest BCUT2D eigenvalue weighted by Crippen LogP contribution is 2.30. The number of carbonyl (C=O) groups excluding carboxylic acids is 2. The molecular weight excluding hydrogens is 230 g/mol. The van der Waals surface area contributed by atoms with E-state index in [1.54, 1.807) is 19.0 Å². The quantitative estimate of drug-likeness (QED) is 0.813. The number of ether oxygens (including phenoxy) is 1. The Morgan fingerprint density at radius 3 is 2.83 bits per heavy atom. The van der Waals surface area contributed by atoms with Crippen molar-refractivity contribution in [2.45, 2.75) is 19.3 Å². The number of Topliss-reactive ketones (excluding diaryl/α,β-unsaturated/α-hetero) is 1. The highest BCUT2D eigenvalue weighted by molar-refractivity contribution is 6.01. The van der Waals surface area contributed by atoms with E-state index in [-0.39, 0.29) is 11.7 Å². The standard InChI is InChI=1S/C14H17NO3/c1-15(2)14(17)8-9-18-13-5-3-4-10-11(13)6-7-12(10)16/h3-5H,6-9H2,1-2H3. The third kappa shape index (κ3) is 2.53. The summed E-state index contributed by atoms with van der Waals surface area (Å²) in [5.41, 5.74) is 1.76. The molecule has 1 aromatic carbocycles. The molecule has 96 valence electrons. The van der Waals surface area contributed by atoms with Crippen molar-refractivity contribution in [3.05, 3.63) is 29.3 Å². The minimum Gasteiger partial charge on any atom is -0.493 e. The zero-order valence-electron chi connectivity index (χ0n) is 10.7. The van der Waals surface area contributed by atoms with E-state index in [1.165, 1.54) is 0 Å². The number of ketones is 1. The van der Waals surface area contributed by atoms with Crippen LogP contribution in [0.2, 0.25) is 0 Å². The zero-order valence-corrected chi connectivity index (χ0v) is 10.7. The maximum atomic E-state index is 11.6. The molecule has 0 aliphatic heterocycles. The second kappa shape index (κ2) is 5.21. The second-order valence-corrected chi connectivity index (χ2v) is 4.59. The maximum absolute atomic E-state index is 11.6. The number of hydrogen-bond acceptors (Lipinski definition) is 3. The van der Waals surface area contributed by atoms with Gasteiger partial charge in [-0.3, -0.25) is 9.59 Å². The summed E-state index contributed by atoms with van der Waals surface area (Å²) in [5, 5.41) is 0. The van der Waals surface area contributed by atoms with Gasteiger partial charge in [-0.15, -0.1) is 0 Å². The minimum absolute atomic E-state index is 0.0404. The number of nitrogens with zero attached hydrogens (tertiary/aromatic N) is 1. The highest BCUT2D eigenvalue weighted by atomic mass is 16.5. The molecule has 0 bridgehead atoms. The first kappa shape index (κ1) is 12.6. The van der Waals surface area contributed by atoms with Gasteiger partial charge in [0.05, 0.1) is 13.0 Å². The maximum Gasteiger partial charge on any atom is 0.225 e. The molecule has 0 N–H and O–H groups in total. The Bertz CT molecular complexity index is 480. The Hall–Kier alpha value is -1.84. The molecule has 0 saturated heterocycles. The van der Waals surface area contributed by atoms with E-state index < -0.39 is 0 Å². The van der Waals surface area contributed by atoms with E-state index in [0.29, 0.717) is 19.4 Å². The van der Waals surface area contributed by atoms with Crippen molar-refractivity contribution in [2.24, 2.45) is 0 Å². The molecule has 0 aromatic heterocycles. The molecule has 0 atom stereocenters. The largest absolute Gasteiger partial charge is 0.493 e. The topological polar surface area (TPSA) is 46.6 Å². The van der Waals surface area contributed by atoms with Gasteiger partial charge in [0.1, 0.15) is 5.75 Å². The molecule has 1 aromatic rings. The zero-order chi connectivity index (χ0) is 13.1. The molecule has 0 spiro atoms. The minimum atomic E-state index is 0.0404. The van der Waals surface area contributed by atoms with Gasteiger partial charge in [0.15, 0.2) is 5.78 Å². The highest BCUT2D eigenvalue weighted by Gasteiger charge is 2.22. The first-order chi connectivity index (χ1) is 8.59. The fourth-order valence-electron chi connectivity index (χ4n) is 2.07. The summed E-state index contributed by atoms with van der Waals surface area (Å²) in [7, 11) is 3.45. The van der Waals surface area contributed by atoms with Crippen LogP contribution in [-0.2, 0) is 11.2 Å². The fourth-order valence-corrected chi connectivity index (χ4v) is 2.07. The van der Waals surface area contributed by atoms with Crippen molar-refractivity contribution >= 4 is 11.7 Å². The number of fused-ring (bicyclic) bond motifs is 1. The Balaban J connectivity index is 1.99. The van der Waals surface area contributed by atoms with Crippen LogP contribution in [0.3, 0.4) is 0 Å². The van der Waals surface area contributed by atoms with Gasteiger partial charge in [0.25, 0.3) is 0 Å². The first-order valence-electron chi connectivity index (χ1n) is 6.07. The van der Waals surface area contributed by atoms with E-state index in [1.807, 2.05) is 18.2 Å². The third-order valence-corrected chi connectivity index (χ3v) is 3.11. The Kier molecular flexibility index (Phi) is 3.65. The summed E-state index contributed by atoms with van der Waals surface area (Å²) in [6, 6.07) is 5.52. The molecule has 0 radical (unpaired) electrons. The van der Waals surface area contributed by atoms with Crippen molar-refractivity contribution < 1.29 is 14.3 Å². The first-order valence-corrected chi connectivity index (χ1v) is 6.07. The van der Waals surface area contributed by atoms with Gasteiger partial charge in [-0.1, -0.05) is 12.1 Å². The van der Waals surface area contributed by atoms with Crippen LogP contribution >= 0.6 is 0 Å². The van der Waals surface area contributed by atoms with Crippen molar-refractivity contribution in [1.29, 1.82) is 0 Å². The summed E-state index contributed by atoms with van der Waals surface area (Å²) >= 11 is 0. The lowest BCUT2D eigenvalue weighted by atomic mass is 10.1. The van der Waals surface area contributed by atoms with Crippen LogP contribution in [0.4, 0.5) is 0 Å². The molecule has 18 heavy (non-hydrogen) atoms. The molecule has 0 unspecified atom stereocenters. The summed E-state index contributed by atoms with van der Waals surface area (Å²) in [5.74, 6) is 0.961. The summed E-state index contributed by atoms with van der Waals surface area (Å²) in [6.45, 7) is 0.349. The summed E-state index contributed by atoms with van der Waals surface area (Å²) in [6.07, 6.45) is 1.66. The second-order valence-electron chi connectivity index (χ2n) is 4.59. The predicted octanol–water partition coefficient (Wildman–Crippen LogP) is 1.67.